The van der Waals surface area contributed by atoms with Crippen molar-refractivity contribution in [1.82, 2.24) is 9.55 Å². The number of fused-ring (bicyclic) bond motifs is 1. The molecule has 0 aliphatic carbocycles. The van der Waals surface area contributed by atoms with Gasteiger partial charge in [0, 0.05) is 24.7 Å². The van der Waals surface area contributed by atoms with E-state index in [1.54, 1.807) is 13.2 Å². The third-order valence-corrected chi connectivity index (χ3v) is 5.12. The first-order valence-electron chi connectivity index (χ1n) is 9.22. The van der Waals surface area contributed by atoms with E-state index in [0.717, 1.165) is 48.5 Å². The molecule has 6 heteroatoms. The summed E-state index contributed by atoms with van der Waals surface area (Å²) in [6.07, 6.45) is 2.13. The number of para-hydroxylation sites is 2. The van der Waals surface area contributed by atoms with E-state index in [1.165, 1.54) is 0 Å². The summed E-state index contributed by atoms with van der Waals surface area (Å²) in [4.78, 5) is 7.18. The molecule has 27 heavy (non-hydrogen) atoms. The van der Waals surface area contributed by atoms with E-state index in [-0.39, 0.29) is 6.04 Å². The van der Waals surface area contributed by atoms with E-state index < -0.39 is 0 Å². The van der Waals surface area contributed by atoms with Crippen LogP contribution in [0.3, 0.4) is 0 Å². The van der Waals surface area contributed by atoms with Gasteiger partial charge in [-0.25, -0.2) is 4.98 Å². The molecule has 4 rings (SSSR count). The van der Waals surface area contributed by atoms with Crippen molar-refractivity contribution in [3.8, 4) is 11.8 Å². The summed E-state index contributed by atoms with van der Waals surface area (Å²) >= 11 is 0. The molecule has 1 aliphatic rings. The second kappa shape index (κ2) is 7.29. The van der Waals surface area contributed by atoms with E-state index in [0.29, 0.717) is 17.9 Å². The van der Waals surface area contributed by atoms with Gasteiger partial charge in [-0.05, 0) is 37.1 Å². The van der Waals surface area contributed by atoms with Crippen molar-refractivity contribution in [2.45, 2.75) is 25.4 Å². The number of imidazole rings is 1. The summed E-state index contributed by atoms with van der Waals surface area (Å²) in [6, 6.07) is 16.1. The Bertz CT molecular complexity index is 1000. The molecule has 2 heterocycles. The Kier molecular flexibility index (Phi) is 4.69. The first-order chi connectivity index (χ1) is 13.2. The third-order valence-electron chi connectivity index (χ3n) is 5.12. The minimum atomic E-state index is 0.177. The van der Waals surface area contributed by atoms with Crippen LogP contribution in [0, 0.1) is 11.3 Å². The number of nitriles is 1. The lowest BCUT2D eigenvalue weighted by Gasteiger charge is -2.32. The third kappa shape index (κ3) is 3.34. The number of ether oxygens (including phenoxy) is 1. The smallest absolute Gasteiger partial charge is 0.206 e. The van der Waals surface area contributed by atoms with Gasteiger partial charge in [0.2, 0.25) is 5.95 Å². The molecule has 0 radical (unpaired) electrons. The molecule has 0 saturated carbocycles. The summed E-state index contributed by atoms with van der Waals surface area (Å²) in [5.41, 5.74) is 9.87. The van der Waals surface area contributed by atoms with Crippen molar-refractivity contribution in [1.29, 1.82) is 5.26 Å². The van der Waals surface area contributed by atoms with Crippen LogP contribution >= 0.6 is 0 Å². The lowest BCUT2D eigenvalue weighted by molar-refractivity contribution is 0.408. The van der Waals surface area contributed by atoms with Crippen LogP contribution in [0.15, 0.2) is 42.5 Å². The monoisotopic (exact) mass is 361 g/mol. The van der Waals surface area contributed by atoms with Gasteiger partial charge in [-0.2, -0.15) is 5.26 Å². The number of hydrogen-bond acceptors (Lipinski definition) is 5. The first-order valence-corrected chi connectivity index (χ1v) is 9.22. The Labute approximate surface area is 158 Å². The fourth-order valence-corrected chi connectivity index (χ4v) is 3.77. The average Bonchev–Trinajstić information content (AvgIpc) is 3.07. The van der Waals surface area contributed by atoms with Gasteiger partial charge in [0.1, 0.15) is 5.75 Å². The van der Waals surface area contributed by atoms with Crippen LogP contribution in [-0.4, -0.2) is 35.8 Å². The second-order valence-corrected chi connectivity index (χ2v) is 6.97. The molecular formula is C21H23N5O. The van der Waals surface area contributed by atoms with Gasteiger partial charge in [-0.15, -0.1) is 0 Å². The first kappa shape index (κ1) is 17.4. The Morgan fingerprint density at radius 3 is 2.93 bits per heavy atom. The maximum Gasteiger partial charge on any atom is 0.206 e. The molecule has 1 aromatic heterocycles. The van der Waals surface area contributed by atoms with E-state index in [1.807, 2.05) is 30.3 Å². The second-order valence-electron chi connectivity index (χ2n) is 6.97. The predicted molar refractivity (Wildman–Crippen MR) is 106 cm³/mol. The zero-order valence-electron chi connectivity index (χ0n) is 15.4. The highest BCUT2D eigenvalue weighted by Gasteiger charge is 2.23. The number of nitrogens with zero attached hydrogens (tertiary/aromatic N) is 4. The predicted octanol–water partition coefficient (Wildman–Crippen LogP) is 2.89. The minimum Gasteiger partial charge on any atom is -0.496 e. The molecule has 1 fully saturated rings. The standard InChI is InChI=1S/C21H23N5O/c1-27-20-11-15(12-22)8-9-16(20)13-26-19-7-3-2-6-18(19)24-21(26)25-10-4-5-17(23)14-25/h2-3,6-9,11,17H,4-5,10,13-14,23H2,1H3/t17-/m1/s1. The van der Waals surface area contributed by atoms with Crippen LogP contribution in [-0.2, 0) is 6.54 Å². The SMILES string of the molecule is COc1cc(C#N)ccc1Cn1c(N2CCC[C@@H](N)C2)nc2ccccc21. The van der Waals surface area contributed by atoms with Crippen molar-refractivity contribution in [2.24, 2.45) is 5.73 Å². The topological polar surface area (TPSA) is 80.1 Å². The lowest BCUT2D eigenvalue weighted by Crippen LogP contribution is -2.44. The Morgan fingerprint density at radius 2 is 2.15 bits per heavy atom. The van der Waals surface area contributed by atoms with Crippen LogP contribution in [0.4, 0.5) is 5.95 Å². The van der Waals surface area contributed by atoms with Crippen LogP contribution in [0.25, 0.3) is 11.0 Å². The summed E-state index contributed by atoms with van der Waals surface area (Å²) < 4.78 is 7.75. The molecular weight excluding hydrogens is 338 g/mol. The van der Waals surface area contributed by atoms with Gasteiger partial charge in [-0.3, -0.25) is 0 Å². The van der Waals surface area contributed by atoms with Crippen molar-refractivity contribution in [3.05, 3.63) is 53.6 Å². The normalized spacial score (nSPS) is 17.1. The van der Waals surface area contributed by atoms with Crippen LogP contribution < -0.4 is 15.4 Å². The quantitative estimate of drug-likeness (QED) is 0.773. The van der Waals surface area contributed by atoms with Crippen molar-refractivity contribution in [3.63, 3.8) is 0 Å². The number of nitrogens with two attached hydrogens (primary N) is 1. The summed E-state index contributed by atoms with van der Waals surface area (Å²) in [6.45, 7) is 2.39. The Morgan fingerprint density at radius 1 is 1.30 bits per heavy atom. The largest absolute Gasteiger partial charge is 0.496 e. The number of rotatable bonds is 4. The highest BCUT2D eigenvalue weighted by Crippen LogP contribution is 2.29. The van der Waals surface area contributed by atoms with E-state index in [4.69, 9.17) is 20.7 Å². The zero-order chi connectivity index (χ0) is 18.8. The molecule has 0 unspecified atom stereocenters. The number of aromatic nitrogens is 2. The van der Waals surface area contributed by atoms with E-state index in [2.05, 4.69) is 21.6 Å². The molecule has 1 atom stereocenters. The van der Waals surface area contributed by atoms with E-state index in [9.17, 15) is 0 Å². The summed E-state index contributed by atoms with van der Waals surface area (Å²) in [7, 11) is 1.64. The number of piperidine rings is 1. The van der Waals surface area contributed by atoms with Crippen LogP contribution in [0.5, 0.6) is 5.75 Å². The molecule has 0 amide bonds. The van der Waals surface area contributed by atoms with Crippen molar-refractivity contribution in [2.75, 3.05) is 25.1 Å². The minimum absolute atomic E-state index is 0.177. The van der Waals surface area contributed by atoms with Gasteiger partial charge < -0.3 is 19.9 Å². The summed E-state index contributed by atoms with van der Waals surface area (Å²) in [5.74, 6) is 1.66. The molecule has 6 nitrogen and oxygen atoms in total. The molecule has 138 valence electrons. The molecule has 2 aromatic carbocycles. The lowest BCUT2D eigenvalue weighted by atomic mass is 10.1. The van der Waals surface area contributed by atoms with E-state index >= 15 is 0 Å². The Hall–Kier alpha value is -3.04. The van der Waals surface area contributed by atoms with Crippen LogP contribution in [0.2, 0.25) is 0 Å². The fraction of sp³-hybridized carbons (Fsp3) is 0.333. The number of methoxy groups -OCH3 is 1. The fourth-order valence-electron chi connectivity index (χ4n) is 3.77. The summed E-state index contributed by atoms with van der Waals surface area (Å²) in [5, 5.41) is 9.15. The van der Waals surface area contributed by atoms with Gasteiger partial charge in [-0.1, -0.05) is 18.2 Å². The van der Waals surface area contributed by atoms with Crippen LogP contribution in [0.1, 0.15) is 24.0 Å². The van der Waals surface area contributed by atoms with Gasteiger partial charge in [0.05, 0.1) is 36.3 Å². The highest BCUT2D eigenvalue weighted by atomic mass is 16.5. The molecule has 1 saturated heterocycles. The number of hydrogen-bond donors (Lipinski definition) is 1. The van der Waals surface area contributed by atoms with Gasteiger partial charge in [0.15, 0.2) is 0 Å². The average molecular weight is 361 g/mol. The van der Waals surface area contributed by atoms with Gasteiger partial charge in [0.25, 0.3) is 0 Å². The Balaban J connectivity index is 1.79. The highest BCUT2D eigenvalue weighted by molar-refractivity contribution is 5.79. The zero-order valence-corrected chi connectivity index (χ0v) is 15.4. The van der Waals surface area contributed by atoms with Crippen molar-refractivity contribution < 1.29 is 4.74 Å². The maximum absolute atomic E-state index is 9.15. The maximum atomic E-state index is 9.15. The van der Waals surface area contributed by atoms with Gasteiger partial charge >= 0.3 is 0 Å². The molecule has 1 aliphatic heterocycles. The van der Waals surface area contributed by atoms with Crippen molar-refractivity contribution >= 4 is 17.0 Å². The number of benzene rings is 2. The molecule has 0 spiro atoms. The molecule has 2 N–H and O–H groups in total. The number of anilines is 1. The molecule has 3 aromatic rings. The molecule has 0 bridgehead atoms.